The largest absolute Gasteiger partial charge is 0.494 e. The molecule has 0 radical (unpaired) electrons. The Morgan fingerprint density at radius 3 is 2.42 bits per heavy atom. The summed E-state index contributed by atoms with van der Waals surface area (Å²) < 4.78 is 6.90. The normalized spacial score (nSPS) is 10.3. The van der Waals surface area contributed by atoms with Crippen LogP contribution in [-0.4, -0.2) is 17.1 Å². The van der Waals surface area contributed by atoms with E-state index in [1.165, 1.54) is 10.6 Å². The molecule has 3 aromatic rings. The van der Waals surface area contributed by atoms with Crippen LogP contribution in [0.15, 0.2) is 77.7 Å². The van der Waals surface area contributed by atoms with E-state index in [2.05, 4.69) is 5.32 Å². The summed E-state index contributed by atoms with van der Waals surface area (Å²) >= 11 is 0. The van der Waals surface area contributed by atoms with E-state index in [1.54, 1.807) is 12.3 Å². The van der Waals surface area contributed by atoms with Crippen LogP contribution in [0.4, 0.5) is 5.69 Å². The van der Waals surface area contributed by atoms with Gasteiger partial charge in [-0.2, -0.15) is 0 Å². The number of amides is 1. The first kappa shape index (κ1) is 17.5. The standard InChI is InChI=1S/C21H20N2O3/c1-2-26-19-11-8-16(9-12-19)14-20(24)22-17-10-13-21(25)23(15-17)18-6-4-3-5-7-18/h3-13,15H,2,14H2,1H3,(H,22,24). The van der Waals surface area contributed by atoms with Gasteiger partial charge in [0.25, 0.3) is 5.56 Å². The molecule has 0 bridgehead atoms. The lowest BCUT2D eigenvalue weighted by Crippen LogP contribution is -2.20. The van der Waals surface area contributed by atoms with Crippen LogP contribution in [0.25, 0.3) is 5.69 Å². The topological polar surface area (TPSA) is 60.3 Å². The molecule has 1 amide bonds. The van der Waals surface area contributed by atoms with Gasteiger partial charge in [0, 0.05) is 18.0 Å². The minimum absolute atomic E-state index is 0.146. The van der Waals surface area contributed by atoms with Crippen LogP contribution < -0.4 is 15.6 Å². The smallest absolute Gasteiger partial charge is 0.255 e. The number of carbonyl (C=O) groups is 1. The Hall–Kier alpha value is -3.34. The molecule has 1 N–H and O–H groups in total. The van der Waals surface area contributed by atoms with Crippen LogP contribution in [0.2, 0.25) is 0 Å². The number of ether oxygens (including phenoxy) is 1. The van der Waals surface area contributed by atoms with Crippen molar-refractivity contribution < 1.29 is 9.53 Å². The van der Waals surface area contributed by atoms with Crippen LogP contribution in [-0.2, 0) is 11.2 Å². The van der Waals surface area contributed by atoms with Gasteiger partial charge in [-0.15, -0.1) is 0 Å². The number of nitrogens with zero attached hydrogens (tertiary/aromatic N) is 1. The van der Waals surface area contributed by atoms with Gasteiger partial charge in [-0.3, -0.25) is 14.2 Å². The molecule has 2 aromatic carbocycles. The van der Waals surface area contributed by atoms with Gasteiger partial charge in [0.2, 0.25) is 5.91 Å². The van der Waals surface area contributed by atoms with Gasteiger partial charge in [0.05, 0.1) is 18.7 Å². The van der Waals surface area contributed by atoms with Crippen LogP contribution in [0.3, 0.4) is 0 Å². The minimum atomic E-state index is -0.152. The van der Waals surface area contributed by atoms with Crippen molar-refractivity contribution in [3.63, 3.8) is 0 Å². The number of anilines is 1. The predicted molar refractivity (Wildman–Crippen MR) is 102 cm³/mol. The third-order valence-electron chi connectivity index (χ3n) is 3.83. The first-order valence-electron chi connectivity index (χ1n) is 8.45. The average Bonchev–Trinajstić information content (AvgIpc) is 2.66. The predicted octanol–water partition coefficient (Wildman–Crippen LogP) is 3.42. The third-order valence-corrected chi connectivity index (χ3v) is 3.83. The van der Waals surface area contributed by atoms with E-state index in [1.807, 2.05) is 61.5 Å². The quantitative estimate of drug-likeness (QED) is 0.742. The molecule has 0 aliphatic carbocycles. The molecule has 0 atom stereocenters. The summed E-state index contributed by atoms with van der Waals surface area (Å²) in [6.45, 7) is 2.53. The second kappa shape index (κ2) is 8.16. The molecular weight excluding hydrogens is 328 g/mol. The van der Waals surface area contributed by atoms with Gasteiger partial charge >= 0.3 is 0 Å². The maximum absolute atomic E-state index is 12.3. The van der Waals surface area contributed by atoms with E-state index in [4.69, 9.17) is 4.74 Å². The van der Waals surface area contributed by atoms with Gasteiger partial charge in [0.15, 0.2) is 0 Å². The van der Waals surface area contributed by atoms with Crippen molar-refractivity contribution in [2.75, 3.05) is 11.9 Å². The van der Waals surface area contributed by atoms with Crippen molar-refractivity contribution in [1.82, 2.24) is 4.57 Å². The number of nitrogens with one attached hydrogen (secondary N) is 1. The van der Waals surface area contributed by atoms with Crippen molar-refractivity contribution in [1.29, 1.82) is 0 Å². The van der Waals surface area contributed by atoms with Crippen LogP contribution in [0, 0.1) is 0 Å². The number of hydrogen-bond acceptors (Lipinski definition) is 3. The maximum Gasteiger partial charge on any atom is 0.255 e. The zero-order valence-electron chi connectivity index (χ0n) is 14.5. The van der Waals surface area contributed by atoms with Gasteiger partial charge in [-0.25, -0.2) is 0 Å². The lowest BCUT2D eigenvalue weighted by molar-refractivity contribution is -0.115. The van der Waals surface area contributed by atoms with Crippen LogP contribution in [0.5, 0.6) is 5.75 Å². The molecule has 0 unspecified atom stereocenters. The van der Waals surface area contributed by atoms with Gasteiger partial charge < -0.3 is 10.1 Å². The van der Waals surface area contributed by atoms with E-state index < -0.39 is 0 Å². The first-order chi connectivity index (χ1) is 12.7. The lowest BCUT2D eigenvalue weighted by Gasteiger charge is -2.10. The van der Waals surface area contributed by atoms with Gasteiger partial charge in [-0.05, 0) is 42.8 Å². The molecule has 3 rings (SSSR count). The SMILES string of the molecule is CCOc1ccc(CC(=O)Nc2ccc(=O)n(-c3ccccc3)c2)cc1. The molecular formula is C21H20N2O3. The minimum Gasteiger partial charge on any atom is -0.494 e. The molecule has 132 valence electrons. The highest BCUT2D eigenvalue weighted by Gasteiger charge is 2.07. The number of carbonyl (C=O) groups excluding carboxylic acids is 1. The second-order valence-electron chi connectivity index (χ2n) is 5.76. The Labute approximate surface area is 151 Å². The number of rotatable bonds is 6. The van der Waals surface area contributed by atoms with Crippen molar-refractivity contribution in [2.24, 2.45) is 0 Å². The number of hydrogen-bond donors (Lipinski definition) is 1. The molecule has 5 heteroatoms. The Morgan fingerprint density at radius 2 is 1.73 bits per heavy atom. The summed E-state index contributed by atoms with van der Waals surface area (Å²) in [6, 6.07) is 19.8. The Kier molecular flexibility index (Phi) is 5.49. The Balaban J connectivity index is 1.70. The highest BCUT2D eigenvalue weighted by Crippen LogP contribution is 2.14. The number of benzene rings is 2. The molecule has 0 fully saturated rings. The van der Waals surface area contributed by atoms with E-state index in [9.17, 15) is 9.59 Å². The van der Waals surface area contributed by atoms with Crippen LogP contribution in [0.1, 0.15) is 12.5 Å². The summed E-state index contributed by atoms with van der Waals surface area (Å²) in [6.07, 6.45) is 1.88. The summed E-state index contributed by atoms with van der Waals surface area (Å²) in [7, 11) is 0. The molecule has 0 aliphatic rings. The molecule has 5 nitrogen and oxygen atoms in total. The molecule has 0 aliphatic heterocycles. The molecule has 26 heavy (non-hydrogen) atoms. The van der Waals surface area contributed by atoms with Crippen molar-refractivity contribution in [3.05, 3.63) is 88.8 Å². The molecule has 1 aromatic heterocycles. The molecule has 0 spiro atoms. The highest BCUT2D eigenvalue weighted by molar-refractivity contribution is 5.92. The zero-order chi connectivity index (χ0) is 18.4. The highest BCUT2D eigenvalue weighted by atomic mass is 16.5. The fourth-order valence-electron chi connectivity index (χ4n) is 2.61. The van der Waals surface area contributed by atoms with Gasteiger partial charge in [-0.1, -0.05) is 30.3 Å². The third kappa shape index (κ3) is 4.39. The van der Waals surface area contributed by atoms with Crippen molar-refractivity contribution >= 4 is 11.6 Å². The summed E-state index contributed by atoms with van der Waals surface area (Å²) in [5, 5.41) is 2.84. The lowest BCUT2D eigenvalue weighted by atomic mass is 10.1. The summed E-state index contributed by atoms with van der Waals surface area (Å²) in [5.41, 5.74) is 2.06. The monoisotopic (exact) mass is 348 g/mol. The molecule has 0 saturated heterocycles. The van der Waals surface area contributed by atoms with Crippen LogP contribution >= 0.6 is 0 Å². The van der Waals surface area contributed by atoms with E-state index >= 15 is 0 Å². The first-order valence-corrected chi connectivity index (χ1v) is 8.45. The van der Waals surface area contributed by atoms with E-state index in [-0.39, 0.29) is 17.9 Å². The maximum atomic E-state index is 12.3. The molecule has 0 saturated carbocycles. The fraction of sp³-hybridized carbons (Fsp3) is 0.143. The van der Waals surface area contributed by atoms with Crippen molar-refractivity contribution in [3.8, 4) is 11.4 Å². The summed E-state index contributed by atoms with van der Waals surface area (Å²) in [5.74, 6) is 0.638. The number of aromatic nitrogens is 1. The average molecular weight is 348 g/mol. The number of pyridine rings is 1. The Bertz CT molecular complexity index is 931. The zero-order valence-corrected chi connectivity index (χ0v) is 14.5. The molecule has 1 heterocycles. The van der Waals surface area contributed by atoms with E-state index in [0.717, 1.165) is 17.0 Å². The fourth-order valence-corrected chi connectivity index (χ4v) is 2.61. The number of para-hydroxylation sites is 1. The second-order valence-corrected chi connectivity index (χ2v) is 5.76. The van der Waals surface area contributed by atoms with Crippen molar-refractivity contribution in [2.45, 2.75) is 13.3 Å². The Morgan fingerprint density at radius 1 is 1.00 bits per heavy atom. The van der Waals surface area contributed by atoms with Gasteiger partial charge in [0.1, 0.15) is 5.75 Å². The summed E-state index contributed by atoms with van der Waals surface area (Å²) in [4.78, 5) is 24.4. The van der Waals surface area contributed by atoms with E-state index in [0.29, 0.717) is 12.3 Å².